The molecule has 0 bridgehead atoms. The molecular weight excluding hydrogens is 206 g/mol. The lowest BCUT2D eigenvalue weighted by Gasteiger charge is -2.23. The van der Waals surface area contributed by atoms with E-state index in [1.807, 2.05) is 6.07 Å². The van der Waals surface area contributed by atoms with Gasteiger partial charge < -0.3 is 4.90 Å². The van der Waals surface area contributed by atoms with E-state index in [1.54, 1.807) is 0 Å². The third-order valence-corrected chi connectivity index (χ3v) is 3.44. The number of rotatable bonds is 2. The number of benzene rings is 1. The minimum Gasteiger partial charge on any atom is -0.372 e. The SMILES string of the molecule is C1CCCCC1.CC(C)N(C)c1ccccc1. The summed E-state index contributed by atoms with van der Waals surface area (Å²) in [7, 11) is 2.11. The van der Waals surface area contributed by atoms with Crippen LogP contribution in [0, 0.1) is 0 Å². The molecule has 0 aliphatic heterocycles. The lowest BCUT2D eigenvalue weighted by molar-refractivity contribution is 0.504. The Kier molecular flexibility index (Phi) is 6.76. The Hall–Kier alpha value is -0.980. The quantitative estimate of drug-likeness (QED) is 0.704. The third kappa shape index (κ3) is 5.76. The van der Waals surface area contributed by atoms with Crippen molar-refractivity contribution in [2.45, 2.75) is 58.4 Å². The van der Waals surface area contributed by atoms with Crippen LogP contribution in [0.4, 0.5) is 5.69 Å². The van der Waals surface area contributed by atoms with Crippen molar-refractivity contribution in [3.05, 3.63) is 30.3 Å². The summed E-state index contributed by atoms with van der Waals surface area (Å²) < 4.78 is 0. The van der Waals surface area contributed by atoms with Gasteiger partial charge in [-0.1, -0.05) is 56.7 Å². The molecule has 0 unspecified atom stereocenters. The van der Waals surface area contributed by atoms with Crippen LogP contribution in [0.25, 0.3) is 0 Å². The summed E-state index contributed by atoms with van der Waals surface area (Å²) in [5.74, 6) is 0. The highest BCUT2D eigenvalue weighted by Gasteiger charge is 2.01. The molecule has 1 saturated carbocycles. The number of nitrogens with zero attached hydrogens (tertiary/aromatic N) is 1. The maximum Gasteiger partial charge on any atom is 0.0365 e. The van der Waals surface area contributed by atoms with Gasteiger partial charge in [-0.2, -0.15) is 0 Å². The van der Waals surface area contributed by atoms with Crippen molar-refractivity contribution in [3.8, 4) is 0 Å². The Balaban J connectivity index is 0.000000202. The van der Waals surface area contributed by atoms with Crippen molar-refractivity contribution >= 4 is 5.69 Å². The van der Waals surface area contributed by atoms with E-state index in [9.17, 15) is 0 Å². The fourth-order valence-corrected chi connectivity index (χ4v) is 2.02. The summed E-state index contributed by atoms with van der Waals surface area (Å²) in [6.45, 7) is 4.38. The van der Waals surface area contributed by atoms with Crippen LogP contribution >= 0.6 is 0 Å². The minimum absolute atomic E-state index is 0.567. The smallest absolute Gasteiger partial charge is 0.0365 e. The summed E-state index contributed by atoms with van der Waals surface area (Å²) >= 11 is 0. The lowest BCUT2D eigenvalue weighted by atomic mass is 10.0. The molecule has 0 spiro atoms. The van der Waals surface area contributed by atoms with E-state index >= 15 is 0 Å². The zero-order chi connectivity index (χ0) is 12.5. The highest BCUT2D eigenvalue weighted by Crippen LogP contribution is 2.15. The van der Waals surface area contributed by atoms with Gasteiger partial charge in [0.05, 0.1) is 0 Å². The largest absolute Gasteiger partial charge is 0.372 e. The Morgan fingerprint density at radius 2 is 1.24 bits per heavy atom. The van der Waals surface area contributed by atoms with Crippen molar-refractivity contribution in [1.82, 2.24) is 0 Å². The summed E-state index contributed by atoms with van der Waals surface area (Å²) in [4.78, 5) is 2.25. The van der Waals surface area contributed by atoms with Crippen LogP contribution in [0.3, 0.4) is 0 Å². The van der Waals surface area contributed by atoms with Gasteiger partial charge in [-0.25, -0.2) is 0 Å². The minimum atomic E-state index is 0.567. The first-order valence-corrected chi connectivity index (χ1v) is 6.99. The van der Waals surface area contributed by atoms with Gasteiger partial charge in [-0.15, -0.1) is 0 Å². The van der Waals surface area contributed by atoms with Gasteiger partial charge in [-0.3, -0.25) is 0 Å². The monoisotopic (exact) mass is 233 g/mol. The summed E-state index contributed by atoms with van der Waals surface area (Å²) in [5.41, 5.74) is 1.28. The predicted molar refractivity (Wildman–Crippen MR) is 77.7 cm³/mol. The van der Waals surface area contributed by atoms with E-state index in [0.717, 1.165) is 0 Å². The summed E-state index contributed by atoms with van der Waals surface area (Å²) in [5, 5.41) is 0. The molecule has 1 aliphatic rings. The van der Waals surface area contributed by atoms with Crippen molar-refractivity contribution in [2.24, 2.45) is 0 Å². The van der Waals surface area contributed by atoms with Gasteiger partial charge in [0.15, 0.2) is 0 Å². The van der Waals surface area contributed by atoms with Crippen LogP contribution in [-0.4, -0.2) is 13.1 Å². The maximum atomic E-state index is 2.25. The van der Waals surface area contributed by atoms with Crippen molar-refractivity contribution in [1.29, 1.82) is 0 Å². The Morgan fingerprint density at radius 3 is 1.59 bits per heavy atom. The molecular formula is C16H27N. The van der Waals surface area contributed by atoms with E-state index < -0.39 is 0 Å². The predicted octanol–water partition coefficient (Wildman–Crippen LogP) is 4.87. The number of hydrogen-bond donors (Lipinski definition) is 0. The standard InChI is InChI=1S/C10H15N.C6H12/c1-9(2)11(3)10-7-5-4-6-8-10;1-2-4-6-5-3-1/h4-9H,1-3H3;1-6H2. The van der Waals surface area contributed by atoms with Crippen LogP contribution in [0.5, 0.6) is 0 Å². The van der Waals surface area contributed by atoms with Crippen LogP contribution in [-0.2, 0) is 0 Å². The molecule has 0 N–H and O–H groups in total. The first kappa shape index (κ1) is 14.1. The Morgan fingerprint density at radius 1 is 0.824 bits per heavy atom. The highest BCUT2D eigenvalue weighted by molar-refractivity contribution is 5.45. The van der Waals surface area contributed by atoms with Gasteiger partial charge in [0, 0.05) is 18.8 Å². The van der Waals surface area contributed by atoms with E-state index in [1.165, 1.54) is 44.2 Å². The average molecular weight is 233 g/mol. The van der Waals surface area contributed by atoms with Crippen LogP contribution in [0.1, 0.15) is 52.4 Å². The van der Waals surface area contributed by atoms with Crippen molar-refractivity contribution in [2.75, 3.05) is 11.9 Å². The molecule has 0 heterocycles. The molecule has 0 radical (unpaired) electrons. The lowest BCUT2D eigenvalue weighted by Crippen LogP contribution is -2.25. The second kappa shape index (κ2) is 8.16. The van der Waals surface area contributed by atoms with E-state index in [4.69, 9.17) is 0 Å². The fraction of sp³-hybridized carbons (Fsp3) is 0.625. The van der Waals surface area contributed by atoms with Gasteiger partial charge in [0.1, 0.15) is 0 Å². The summed E-state index contributed by atoms with van der Waals surface area (Å²) in [6.07, 6.45) is 9.00. The fourth-order valence-electron chi connectivity index (χ4n) is 2.02. The van der Waals surface area contributed by atoms with Crippen molar-refractivity contribution < 1.29 is 0 Å². The molecule has 17 heavy (non-hydrogen) atoms. The second-order valence-corrected chi connectivity index (χ2v) is 5.16. The molecule has 1 fully saturated rings. The average Bonchev–Trinajstić information content (AvgIpc) is 2.41. The highest BCUT2D eigenvalue weighted by atomic mass is 15.1. The van der Waals surface area contributed by atoms with Gasteiger partial charge in [0.2, 0.25) is 0 Å². The molecule has 1 aliphatic carbocycles. The van der Waals surface area contributed by atoms with Gasteiger partial charge >= 0.3 is 0 Å². The molecule has 1 aromatic carbocycles. The molecule has 1 aromatic rings. The van der Waals surface area contributed by atoms with E-state index in [-0.39, 0.29) is 0 Å². The topological polar surface area (TPSA) is 3.24 Å². The molecule has 0 amide bonds. The van der Waals surface area contributed by atoms with Gasteiger partial charge in [-0.05, 0) is 26.0 Å². The molecule has 96 valence electrons. The zero-order valence-electron chi connectivity index (χ0n) is 11.7. The molecule has 0 aromatic heterocycles. The third-order valence-electron chi connectivity index (χ3n) is 3.44. The molecule has 2 rings (SSSR count). The number of anilines is 1. The molecule has 0 saturated heterocycles. The van der Waals surface area contributed by atoms with Gasteiger partial charge in [0.25, 0.3) is 0 Å². The Labute approximate surface area is 107 Å². The first-order valence-electron chi connectivity index (χ1n) is 6.99. The van der Waals surface area contributed by atoms with E-state index in [0.29, 0.717) is 6.04 Å². The van der Waals surface area contributed by atoms with Crippen LogP contribution in [0.15, 0.2) is 30.3 Å². The normalized spacial score (nSPS) is 15.1. The summed E-state index contributed by atoms with van der Waals surface area (Å²) in [6, 6.07) is 11.0. The Bertz CT molecular complexity index is 263. The maximum absolute atomic E-state index is 2.25. The molecule has 0 atom stereocenters. The zero-order valence-corrected chi connectivity index (χ0v) is 11.7. The van der Waals surface area contributed by atoms with E-state index in [2.05, 4.69) is 50.1 Å². The number of para-hydroxylation sites is 1. The first-order chi connectivity index (χ1) is 8.22. The second-order valence-electron chi connectivity index (χ2n) is 5.16. The van der Waals surface area contributed by atoms with Crippen molar-refractivity contribution in [3.63, 3.8) is 0 Å². The van der Waals surface area contributed by atoms with Crippen LogP contribution in [0.2, 0.25) is 0 Å². The number of hydrogen-bond acceptors (Lipinski definition) is 1. The molecule has 1 heteroatoms. The van der Waals surface area contributed by atoms with Crippen LogP contribution < -0.4 is 4.90 Å². The molecule has 1 nitrogen and oxygen atoms in total.